The summed E-state index contributed by atoms with van der Waals surface area (Å²) in [6.45, 7) is -0.391. The molecule has 1 aromatic heterocycles. The zero-order chi connectivity index (χ0) is 20.5. The third-order valence-electron chi connectivity index (χ3n) is 4.38. The average molecular weight is 399 g/mol. The Balaban J connectivity index is 1.91. The number of pyridine rings is 1. The van der Waals surface area contributed by atoms with Gasteiger partial charge < -0.3 is 20.5 Å². The van der Waals surface area contributed by atoms with E-state index in [4.69, 9.17) is 10.5 Å². The molecule has 3 unspecified atom stereocenters. The van der Waals surface area contributed by atoms with Crippen molar-refractivity contribution in [2.75, 3.05) is 6.54 Å². The van der Waals surface area contributed by atoms with E-state index < -0.39 is 30.2 Å². The number of aliphatic hydroxyl groups is 1. The van der Waals surface area contributed by atoms with Crippen LogP contribution in [0.1, 0.15) is 22.9 Å². The number of hydrogen-bond donors (Lipinski definition) is 2. The minimum atomic E-state index is -4.67. The van der Waals surface area contributed by atoms with Crippen molar-refractivity contribution >= 4 is 6.41 Å². The zero-order valence-electron chi connectivity index (χ0n) is 14.4. The number of likely N-dealkylation sites (tertiary alicyclic amines) is 1. The number of carbonyl (C=O) groups is 1. The summed E-state index contributed by atoms with van der Waals surface area (Å²) in [5.74, 6) is -0.192. The van der Waals surface area contributed by atoms with E-state index in [1.807, 2.05) is 0 Å². The SMILES string of the molecule is NCc1cc(Oc2cccc(C3C(O)C(F)CN3C=O)c2)nc(C(F)(F)F)c1. The molecule has 3 N–H and O–H groups in total. The second-order valence-corrected chi connectivity index (χ2v) is 6.33. The van der Waals surface area contributed by atoms with Gasteiger partial charge >= 0.3 is 6.18 Å². The van der Waals surface area contributed by atoms with E-state index in [1.54, 1.807) is 6.07 Å². The van der Waals surface area contributed by atoms with E-state index in [1.165, 1.54) is 24.3 Å². The molecule has 150 valence electrons. The van der Waals surface area contributed by atoms with Crippen LogP contribution in [0.2, 0.25) is 0 Å². The fourth-order valence-corrected chi connectivity index (χ4v) is 3.07. The van der Waals surface area contributed by atoms with E-state index in [2.05, 4.69) is 4.98 Å². The van der Waals surface area contributed by atoms with Crippen molar-refractivity contribution in [3.05, 3.63) is 53.2 Å². The molecule has 0 bridgehead atoms. The molecule has 6 nitrogen and oxygen atoms in total. The highest BCUT2D eigenvalue weighted by Gasteiger charge is 2.41. The number of rotatable bonds is 5. The van der Waals surface area contributed by atoms with Crippen molar-refractivity contribution in [2.45, 2.75) is 31.0 Å². The summed E-state index contributed by atoms with van der Waals surface area (Å²) in [5, 5.41) is 10.0. The van der Waals surface area contributed by atoms with Crippen LogP contribution in [-0.4, -0.2) is 40.2 Å². The molecule has 2 aromatic rings. The Morgan fingerprint density at radius 2 is 2.07 bits per heavy atom. The maximum absolute atomic E-state index is 13.8. The number of nitrogens with two attached hydrogens (primary N) is 1. The lowest BCUT2D eigenvalue weighted by Gasteiger charge is -2.22. The van der Waals surface area contributed by atoms with Crippen molar-refractivity contribution < 1.29 is 32.2 Å². The fraction of sp³-hybridized carbons (Fsp3) is 0.333. The Hall–Kier alpha value is -2.72. The topological polar surface area (TPSA) is 88.7 Å². The normalized spacial score (nSPS) is 22.4. The minimum Gasteiger partial charge on any atom is -0.439 e. The van der Waals surface area contributed by atoms with Crippen LogP contribution in [-0.2, 0) is 17.5 Å². The highest BCUT2D eigenvalue weighted by atomic mass is 19.4. The predicted octanol–water partition coefficient (Wildman–Crippen LogP) is 2.56. The van der Waals surface area contributed by atoms with Gasteiger partial charge in [0.2, 0.25) is 12.3 Å². The number of hydrogen-bond acceptors (Lipinski definition) is 5. The quantitative estimate of drug-likeness (QED) is 0.596. The van der Waals surface area contributed by atoms with Crippen LogP contribution < -0.4 is 10.5 Å². The summed E-state index contributed by atoms with van der Waals surface area (Å²) in [6.07, 6.45) is -7.25. The first-order valence-electron chi connectivity index (χ1n) is 8.32. The van der Waals surface area contributed by atoms with Crippen LogP contribution in [0.5, 0.6) is 11.6 Å². The molecule has 0 saturated carbocycles. The third kappa shape index (κ3) is 4.07. The first-order valence-corrected chi connectivity index (χ1v) is 8.32. The summed E-state index contributed by atoms with van der Waals surface area (Å²) in [7, 11) is 0. The first kappa shape index (κ1) is 20.0. The standard InChI is InChI=1S/C18H17F4N3O3/c19-13-8-25(9-26)16(17(13)27)11-2-1-3-12(6-11)28-15-5-10(7-23)4-14(24-15)18(20,21)22/h1-6,9,13,16-17,27H,7-8,23H2. The molecule has 28 heavy (non-hydrogen) atoms. The van der Waals surface area contributed by atoms with Gasteiger partial charge in [-0.3, -0.25) is 4.79 Å². The molecule has 2 heterocycles. The molecule has 0 radical (unpaired) electrons. The van der Waals surface area contributed by atoms with Crippen molar-refractivity contribution in [1.82, 2.24) is 9.88 Å². The highest BCUT2D eigenvalue weighted by molar-refractivity contribution is 5.51. The number of amides is 1. The van der Waals surface area contributed by atoms with Crippen LogP contribution in [0.4, 0.5) is 17.6 Å². The van der Waals surface area contributed by atoms with E-state index in [0.717, 1.165) is 11.0 Å². The molecule has 1 aliphatic heterocycles. The number of carbonyl (C=O) groups excluding carboxylic acids is 1. The van der Waals surface area contributed by atoms with Crippen LogP contribution in [0, 0.1) is 0 Å². The number of ether oxygens (including phenoxy) is 1. The molecule has 3 rings (SSSR count). The van der Waals surface area contributed by atoms with Gasteiger partial charge in [-0.25, -0.2) is 9.37 Å². The third-order valence-corrected chi connectivity index (χ3v) is 4.38. The number of alkyl halides is 4. The molecule has 0 spiro atoms. The summed E-state index contributed by atoms with van der Waals surface area (Å²) >= 11 is 0. The molecule has 10 heteroatoms. The largest absolute Gasteiger partial charge is 0.439 e. The first-order chi connectivity index (χ1) is 13.2. The second kappa shape index (κ2) is 7.72. The Morgan fingerprint density at radius 3 is 2.71 bits per heavy atom. The van der Waals surface area contributed by atoms with Crippen molar-refractivity contribution in [3.63, 3.8) is 0 Å². The number of halogens is 4. The minimum absolute atomic E-state index is 0.118. The Kier molecular flexibility index (Phi) is 5.52. The molecule has 1 amide bonds. The number of benzene rings is 1. The van der Waals surface area contributed by atoms with Crippen LogP contribution in [0.15, 0.2) is 36.4 Å². The summed E-state index contributed by atoms with van der Waals surface area (Å²) < 4.78 is 58.2. The van der Waals surface area contributed by atoms with Crippen LogP contribution in [0.3, 0.4) is 0 Å². The summed E-state index contributed by atoms with van der Waals surface area (Å²) in [6, 6.07) is 7.14. The Bertz CT molecular complexity index is 862. The highest BCUT2D eigenvalue weighted by Crippen LogP contribution is 2.35. The smallest absolute Gasteiger partial charge is 0.433 e. The van der Waals surface area contributed by atoms with Crippen molar-refractivity contribution in [3.8, 4) is 11.6 Å². The number of aromatic nitrogens is 1. The van der Waals surface area contributed by atoms with Gasteiger partial charge in [-0.05, 0) is 29.3 Å². The van der Waals surface area contributed by atoms with Gasteiger partial charge in [-0.2, -0.15) is 13.2 Å². The number of nitrogens with zero attached hydrogens (tertiary/aromatic N) is 2. The maximum atomic E-state index is 13.8. The van der Waals surface area contributed by atoms with Crippen molar-refractivity contribution in [2.24, 2.45) is 5.73 Å². The lowest BCUT2D eigenvalue weighted by atomic mass is 10.0. The maximum Gasteiger partial charge on any atom is 0.433 e. The fourth-order valence-electron chi connectivity index (χ4n) is 3.07. The van der Waals surface area contributed by atoms with Gasteiger partial charge in [-0.1, -0.05) is 12.1 Å². The van der Waals surface area contributed by atoms with Gasteiger partial charge in [0.05, 0.1) is 12.6 Å². The second-order valence-electron chi connectivity index (χ2n) is 6.33. The molecule has 3 atom stereocenters. The molecular weight excluding hydrogens is 382 g/mol. The van der Waals surface area contributed by atoms with Gasteiger partial charge in [0, 0.05) is 12.6 Å². The molecule has 1 aromatic carbocycles. The Labute approximate surface area is 157 Å². The predicted molar refractivity (Wildman–Crippen MR) is 90.1 cm³/mol. The lowest BCUT2D eigenvalue weighted by Crippen LogP contribution is -2.26. The number of aliphatic hydroxyl groups excluding tert-OH is 1. The molecule has 1 saturated heterocycles. The van der Waals surface area contributed by atoms with Gasteiger partial charge in [0.1, 0.15) is 23.7 Å². The Morgan fingerprint density at radius 1 is 1.32 bits per heavy atom. The van der Waals surface area contributed by atoms with E-state index in [0.29, 0.717) is 12.0 Å². The van der Waals surface area contributed by atoms with Gasteiger partial charge in [-0.15, -0.1) is 0 Å². The monoisotopic (exact) mass is 399 g/mol. The van der Waals surface area contributed by atoms with E-state index in [9.17, 15) is 27.5 Å². The average Bonchev–Trinajstić information content (AvgIpc) is 2.95. The lowest BCUT2D eigenvalue weighted by molar-refractivity contribution is -0.141. The zero-order valence-corrected chi connectivity index (χ0v) is 14.4. The summed E-state index contributed by atoms with van der Waals surface area (Å²) in [5.41, 5.74) is 4.86. The van der Waals surface area contributed by atoms with Gasteiger partial charge in [0.15, 0.2) is 0 Å². The van der Waals surface area contributed by atoms with Crippen molar-refractivity contribution in [1.29, 1.82) is 0 Å². The molecule has 1 fully saturated rings. The van der Waals surface area contributed by atoms with Crippen LogP contribution >= 0.6 is 0 Å². The van der Waals surface area contributed by atoms with E-state index in [-0.39, 0.29) is 30.3 Å². The molecule has 0 aliphatic carbocycles. The molecule has 1 aliphatic rings. The molecular formula is C18H17F4N3O3. The summed E-state index contributed by atoms with van der Waals surface area (Å²) in [4.78, 5) is 15.7. The van der Waals surface area contributed by atoms with E-state index >= 15 is 0 Å². The van der Waals surface area contributed by atoms with Crippen LogP contribution in [0.25, 0.3) is 0 Å². The van der Waals surface area contributed by atoms with Gasteiger partial charge in [0.25, 0.3) is 0 Å².